The summed E-state index contributed by atoms with van der Waals surface area (Å²) in [5.41, 5.74) is -0.365. The highest BCUT2D eigenvalue weighted by molar-refractivity contribution is 4.87. The summed E-state index contributed by atoms with van der Waals surface area (Å²) < 4.78 is 25.6. The number of aliphatic hydroxyl groups is 1. The van der Waals surface area contributed by atoms with Crippen molar-refractivity contribution >= 4 is 0 Å². The molecule has 0 radical (unpaired) electrons. The first-order valence-corrected chi connectivity index (χ1v) is 4.61. The van der Waals surface area contributed by atoms with Crippen molar-refractivity contribution in [2.24, 2.45) is 0 Å². The van der Waals surface area contributed by atoms with Gasteiger partial charge in [-0.25, -0.2) is 8.78 Å². The number of hydrogen-bond donors (Lipinski definition) is 1. The Hall–Kier alpha value is -0.220. The van der Waals surface area contributed by atoms with E-state index in [4.69, 9.17) is 5.11 Å². The first kappa shape index (κ1) is 10.9. The van der Waals surface area contributed by atoms with E-state index in [0.717, 1.165) is 0 Å². The molecule has 0 bridgehead atoms. The van der Waals surface area contributed by atoms with Gasteiger partial charge in [-0.2, -0.15) is 0 Å². The zero-order valence-electron chi connectivity index (χ0n) is 8.19. The number of rotatable bonds is 2. The Kier molecular flexibility index (Phi) is 2.92. The molecule has 1 N–H and O–H groups in total. The first-order chi connectivity index (χ1) is 5.87. The highest BCUT2D eigenvalue weighted by Gasteiger charge is 2.38. The van der Waals surface area contributed by atoms with Gasteiger partial charge in [0.05, 0.1) is 6.61 Å². The standard InChI is InChI=1S/C9H17F2NO/c1-8(2,7-13)12-5-3-9(10,11)4-6-12/h13H,3-7H2,1-2H3. The van der Waals surface area contributed by atoms with Crippen LogP contribution in [0.2, 0.25) is 0 Å². The van der Waals surface area contributed by atoms with Crippen LogP contribution in [-0.4, -0.2) is 41.2 Å². The molecule has 1 heterocycles. The van der Waals surface area contributed by atoms with Crippen molar-refractivity contribution in [3.63, 3.8) is 0 Å². The summed E-state index contributed by atoms with van der Waals surface area (Å²) >= 11 is 0. The van der Waals surface area contributed by atoms with Gasteiger partial charge in [0.15, 0.2) is 0 Å². The van der Waals surface area contributed by atoms with Gasteiger partial charge in [0, 0.05) is 31.5 Å². The molecular weight excluding hydrogens is 176 g/mol. The smallest absolute Gasteiger partial charge is 0.250 e. The highest BCUT2D eigenvalue weighted by atomic mass is 19.3. The molecule has 0 amide bonds. The fourth-order valence-corrected chi connectivity index (χ4v) is 1.54. The van der Waals surface area contributed by atoms with Gasteiger partial charge in [-0.3, -0.25) is 4.90 Å². The van der Waals surface area contributed by atoms with Crippen LogP contribution in [0.15, 0.2) is 0 Å². The van der Waals surface area contributed by atoms with Crippen LogP contribution in [0.25, 0.3) is 0 Å². The topological polar surface area (TPSA) is 23.5 Å². The fraction of sp³-hybridized carbons (Fsp3) is 1.00. The molecular formula is C9H17F2NO. The van der Waals surface area contributed by atoms with Crippen molar-refractivity contribution < 1.29 is 13.9 Å². The second-order valence-corrected chi connectivity index (χ2v) is 4.31. The average Bonchev–Trinajstić information content (AvgIpc) is 2.04. The van der Waals surface area contributed by atoms with E-state index in [1.807, 2.05) is 18.7 Å². The number of hydrogen-bond acceptors (Lipinski definition) is 2. The maximum Gasteiger partial charge on any atom is 0.250 e. The Morgan fingerprint density at radius 3 is 2.15 bits per heavy atom. The summed E-state index contributed by atoms with van der Waals surface area (Å²) in [7, 11) is 0. The Labute approximate surface area is 77.5 Å². The van der Waals surface area contributed by atoms with E-state index >= 15 is 0 Å². The summed E-state index contributed by atoms with van der Waals surface area (Å²) in [5.74, 6) is -2.50. The third-order valence-electron chi connectivity index (χ3n) is 2.74. The molecule has 0 saturated carbocycles. The van der Waals surface area contributed by atoms with Crippen LogP contribution in [0.5, 0.6) is 0 Å². The molecule has 4 heteroatoms. The monoisotopic (exact) mass is 193 g/mol. The number of aliphatic hydroxyl groups excluding tert-OH is 1. The van der Waals surface area contributed by atoms with E-state index in [1.165, 1.54) is 0 Å². The zero-order chi connectivity index (χ0) is 10.1. The van der Waals surface area contributed by atoms with Crippen LogP contribution in [0.4, 0.5) is 8.78 Å². The predicted octanol–water partition coefficient (Wildman–Crippen LogP) is 1.49. The predicted molar refractivity (Wildman–Crippen MR) is 46.9 cm³/mol. The zero-order valence-corrected chi connectivity index (χ0v) is 8.19. The minimum atomic E-state index is -2.50. The largest absolute Gasteiger partial charge is 0.394 e. The molecule has 13 heavy (non-hydrogen) atoms. The summed E-state index contributed by atoms with van der Waals surface area (Å²) in [6.07, 6.45) is -0.174. The third kappa shape index (κ3) is 2.61. The van der Waals surface area contributed by atoms with Crippen LogP contribution in [0.1, 0.15) is 26.7 Å². The maximum absolute atomic E-state index is 12.8. The molecule has 0 aromatic rings. The van der Waals surface area contributed by atoms with E-state index in [2.05, 4.69) is 0 Å². The Bertz CT molecular complexity index is 172. The molecule has 0 aromatic carbocycles. The van der Waals surface area contributed by atoms with Crippen molar-refractivity contribution in [1.82, 2.24) is 4.90 Å². The van der Waals surface area contributed by atoms with Crippen LogP contribution >= 0.6 is 0 Å². The van der Waals surface area contributed by atoms with Gasteiger partial charge in [0.2, 0.25) is 0 Å². The lowest BCUT2D eigenvalue weighted by molar-refractivity contribution is -0.0807. The summed E-state index contributed by atoms with van der Waals surface area (Å²) in [5, 5.41) is 9.05. The molecule has 1 aliphatic rings. The number of nitrogens with zero attached hydrogens (tertiary/aromatic N) is 1. The van der Waals surface area contributed by atoms with Gasteiger partial charge >= 0.3 is 0 Å². The van der Waals surface area contributed by atoms with Crippen molar-refractivity contribution in [2.75, 3.05) is 19.7 Å². The molecule has 1 fully saturated rings. The lowest BCUT2D eigenvalue weighted by Gasteiger charge is -2.41. The van der Waals surface area contributed by atoms with Crippen molar-refractivity contribution in [2.45, 2.75) is 38.2 Å². The Morgan fingerprint density at radius 1 is 1.31 bits per heavy atom. The van der Waals surface area contributed by atoms with Gasteiger partial charge in [0.25, 0.3) is 5.92 Å². The number of piperidine rings is 1. The number of likely N-dealkylation sites (tertiary alicyclic amines) is 1. The normalized spacial score (nSPS) is 24.7. The molecule has 1 aliphatic heterocycles. The highest BCUT2D eigenvalue weighted by Crippen LogP contribution is 2.30. The van der Waals surface area contributed by atoms with E-state index in [0.29, 0.717) is 13.1 Å². The van der Waals surface area contributed by atoms with Crippen LogP contribution in [-0.2, 0) is 0 Å². The quantitative estimate of drug-likeness (QED) is 0.718. The molecule has 1 rings (SSSR count). The molecule has 78 valence electrons. The summed E-state index contributed by atoms with van der Waals surface area (Å²) in [4.78, 5) is 1.92. The molecule has 2 nitrogen and oxygen atoms in total. The van der Waals surface area contributed by atoms with Crippen molar-refractivity contribution in [3.8, 4) is 0 Å². The van der Waals surface area contributed by atoms with Crippen LogP contribution in [0.3, 0.4) is 0 Å². The lowest BCUT2D eigenvalue weighted by atomic mass is 9.98. The third-order valence-corrected chi connectivity index (χ3v) is 2.74. The molecule has 0 spiro atoms. The van der Waals surface area contributed by atoms with Crippen molar-refractivity contribution in [1.29, 1.82) is 0 Å². The van der Waals surface area contributed by atoms with E-state index in [9.17, 15) is 8.78 Å². The summed E-state index contributed by atoms with van der Waals surface area (Å²) in [6.45, 7) is 4.51. The van der Waals surface area contributed by atoms with Gasteiger partial charge < -0.3 is 5.11 Å². The average molecular weight is 193 g/mol. The van der Waals surface area contributed by atoms with Gasteiger partial charge in [-0.05, 0) is 13.8 Å². The maximum atomic E-state index is 12.8. The van der Waals surface area contributed by atoms with Crippen LogP contribution in [0, 0.1) is 0 Å². The fourth-order valence-electron chi connectivity index (χ4n) is 1.54. The van der Waals surface area contributed by atoms with E-state index in [-0.39, 0.29) is 25.0 Å². The molecule has 0 aromatic heterocycles. The minimum absolute atomic E-state index is 0.0125. The van der Waals surface area contributed by atoms with Gasteiger partial charge in [-0.15, -0.1) is 0 Å². The number of alkyl halides is 2. The minimum Gasteiger partial charge on any atom is -0.394 e. The Morgan fingerprint density at radius 2 is 1.77 bits per heavy atom. The second kappa shape index (κ2) is 3.50. The van der Waals surface area contributed by atoms with Gasteiger partial charge in [0.1, 0.15) is 0 Å². The van der Waals surface area contributed by atoms with Gasteiger partial charge in [-0.1, -0.05) is 0 Å². The Balaban J connectivity index is 2.50. The number of halogens is 2. The van der Waals surface area contributed by atoms with Crippen molar-refractivity contribution in [3.05, 3.63) is 0 Å². The summed E-state index contributed by atoms with van der Waals surface area (Å²) in [6, 6.07) is 0. The van der Waals surface area contributed by atoms with Crippen LogP contribution < -0.4 is 0 Å². The molecule has 0 unspecified atom stereocenters. The second-order valence-electron chi connectivity index (χ2n) is 4.31. The van der Waals surface area contributed by atoms with E-state index in [1.54, 1.807) is 0 Å². The SMILES string of the molecule is CC(C)(CO)N1CCC(F)(F)CC1. The molecule has 0 aliphatic carbocycles. The lowest BCUT2D eigenvalue weighted by Crippen LogP contribution is -2.52. The first-order valence-electron chi connectivity index (χ1n) is 4.61. The molecule has 0 atom stereocenters. The van der Waals surface area contributed by atoms with E-state index < -0.39 is 5.92 Å². The molecule has 1 saturated heterocycles.